The number of carboxylic acid groups (broad SMARTS) is 1. The van der Waals surface area contributed by atoms with Crippen molar-refractivity contribution in [3.05, 3.63) is 35.1 Å². The summed E-state index contributed by atoms with van der Waals surface area (Å²) in [6.45, 7) is 0. The third-order valence-corrected chi connectivity index (χ3v) is 2.83. The Hall–Kier alpha value is -1.59. The molecular weight excluding hydrogens is 240 g/mol. The van der Waals surface area contributed by atoms with Gasteiger partial charge in [0.1, 0.15) is 5.82 Å². The van der Waals surface area contributed by atoms with Crippen LogP contribution < -0.4 is 0 Å². The molecule has 1 aromatic carbocycles. The van der Waals surface area contributed by atoms with E-state index in [4.69, 9.17) is 5.11 Å². The lowest BCUT2D eigenvalue weighted by Gasteiger charge is -2.09. The normalized spacial score (nSPS) is 23.5. The summed E-state index contributed by atoms with van der Waals surface area (Å²) in [5, 5.41) is 8.67. The second-order valence-corrected chi connectivity index (χ2v) is 4.02. The van der Waals surface area contributed by atoms with Crippen LogP contribution >= 0.6 is 0 Å². The maximum absolute atomic E-state index is 13.0. The smallest absolute Gasteiger partial charge is 0.419 e. The molecule has 1 fully saturated rings. The number of halogens is 4. The summed E-state index contributed by atoms with van der Waals surface area (Å²) in [6, 6.07) is 2.64. The SMILES string of the molecule is O=C(O)[C@@H]1C[C@H]1c1ccc(F)c(C(F)(F)F)c1. The fourth-order valence-corrected chi connectivity index (χ4v) is 1.83. The van der Waals surface area contributed by atoms with E-state index in [1.807, 2.05) is 0 Å². The standard InChI is InChI=1S/C11H8F4O2/c12-9-2-1-5(3-8(9)11(13,14)15)6-4-7(6)10(16)17/h1-3,6-7H,4H2,(H,16,17)/t6-,7+/m0/s1. The predicted molar refractivity (Wildman–Crippen MR) is 49.9 cm³/mol. The van der Waals surface area contributed by atoms with Crippen LogP contribution in [0.25, 0.3) is 0 Å². The zero-order valence-electron chi connectivity index (χ0n) is 8.46. The third kappa shape index (κ3) is 2.25. The highest BCUT2D eigenvalue weighted by molar-refractivity contribution is 5.75. The van der Waals surface area contributed by atoms with Crippen LogP contribution in [-0.4, -0.2) is 11.1 Å². The minimum absolute atomic E-state index is 0.228. The van der Waals surface area contributed by atoms with E-state index in [0.717, 1.165) is 6.07 Å². The highest BCUT2D eigenvalue weighted by Crippen LogP contribution is 2.48. The van der Waals surface area contributed by atoms with Crippen molar-refractivity contribution in [1.82, 2.24) is 0 Å². The molecule has 0 radical (unpaired) electrons. The molecule has 1 aliphatic rings. The van der Waals surface area contributed by atoms with Gasteiger partial charge in [-0.25, -0.2) is 4.39 Å². The molecule has 0 unspecified atom stereocenters. The Labute approximate surface area is 93.9 Å². The van der Waals surface area contributed by atoms with Crippen molar-refractivity contribution >= 4 is 5.97 Å². The van der Waals surface area contributed by atoms with Crippen LogP contribution in [0.3, 0.4) is 0 Å². The molecule has 0 aromatic heterocycles. The first kappa shape index (κ1) is 11.9. The number of aliphatic carboxylic acids is 1. The molecule has 1 aliphatic carbocycles. The van der Waals surface area contributed by atoms with Crippen LogP contribution in [0.1, 0.15) is 23.5 Å². The maximum Gasteiger partial charge on any atom is 0.419 e. The Morgan fingerprint density at radius 2 is 2.00 bits per heavy atom. The molecule has 1 aromatic rings. The first-order valence-corrected chi connectivity index (χ1v) is 4.90. The minimum atomic E-state index is -4.76. The van der Waals surface area contributed by atoms with Gasteiger partial charge in [0, 0.05) is 0 Å². The van der Waals surface area contributed by atoms with Crippen molar-refractivity contribution in [2.75, 3.05) is 0 Å². The molecular formula is C11H8F4O2. The molecule has 6 heteroatoms. The third-order valence-electron chi connectivity index (χ3n) is 2.83. The van der Waals surface area contributed by atoms with Crippen LogP contribution in [0, 0.1) is 11.7 Å². The second kappa shape index (κ2) is 3.72. The number of alkyl halides is 3. The van der Waals surface area contributed by atoms with Crippen molar-refractivity contribution in [3.63, 3.8) is 0 Å². The maximum atomic E-state index is 13.0. The van der Waals surface area contributed by atoms with Crippen LogP contribution in [0.15, 0.2) is 18.2 Å². The molecule has 0 amide bonds. The average Bonchev–Trinajstić information content (AvgIpc) is 2.96. The van der Waals surface area contributed by atoms with Crippen molar-refractivity contribution < 1.29 is 27.5 Å². The fourth-order valence-electron chi connectivity index (χ4n) is 1.83. The van der Waals surface area contributed by atoms with E-state index in [9.17, 15) is 22.4 Å². The van der Waals surface area contributed by atoms with Gasteiger partial charge in [0.25, 0.3) is 0 Å². The van der Waals surface area contributed by atoms with Gasteiger partial charge in [-0.05, 0) is 30.0 Å². The predicted octanol–water partition coefficient (Wildman–Crippen LogP) is 3.03. The van der Waals surface area contributed by atoms with E-state index in [1.54, 1.807) is 0 Å². The Bertz CT molecular complexity index is 467. The highest BCUT2D eigenvalue weighted by atomic mass is 19.4. The summed E-state index contributed by atoms with van der Waals surface area (Å²) >= 11 is 0. The summed E-state index contributed by atoms with van der Waals surface area (Å²) in [6.07, 6.45) is -4.45. The van der Waals surface area contributed by atoms with Crippen LogP contribution in [0.4, 0.5) is 17.6 Å². The Morgan fingerprint density at radius 1 is 1.35 bits per heavy atom. The van der Waals surface area contributed by atoms with Gasteiger partial charge >= 0.3 is 12.1 Å². The van der Waals surface area contributed by atoms with Crippen molar-refractivity contribution in [2.45, 2.75) is 18.5 Å². The molecule has 2 atom stereocenters. The van der Waals surface area contributed by atoms with Gasteiger partial charge in [0.2, 0.25) is 0 Å². The zero-order valence-corrected chi connectivity index (χ0v) is 8.46. The first-order valence-electron chi connectivity index (χ1n) is 4.90. The molecule has 92 valence electrons. The topological polar surface area (TPSA) is 37.3 Å². The van der Waals surface area contributed by atoms with Gasteiger partial charge in [0.05, 0.1) is 11.5 Å². The number of benzene rings is 1. The van der Waals surface area contributed by atoms with Crippen molar-refractivity contribution in [3.8, 4) is 0 Å². The fraction of sp³-hybridized carbons (Fsp3) is 0.364. The van der Waals surface area contributed by atoms with Gasteiger partial charge in [-0.15, -0.1) is 0 Å². The largest absolute Gasteiger partial charge is 0.481 e. The Morgan fingerprint density at radius 3 is 2.47 bits per heavy atom. The molecule has 0 saturated heterocycles. The van der Waals surface area contributed by atoms with Gasteiger partial charge in [-0.2, -0.15) is 13.2 Å². The molecule has 0 spiro atoms. The highest BCUT2D eigenvalue weighted by Gasteiger charge is 2.45. The molecule has 0 heterocycles. The van der Waals surface area contributed by atoms with Gasteiger partial charge in [-0.1, -0.05) is 6.07 Å². The van der Waals surface area contributed by atoms with E-state index >= 15 is 0 Å². The van der Waals surface area contributed by atoms with E-state index < -0.39 is 35.4 Å². The summed E-state index contributed by atoms with van der Waals surface area (Å²) in [7, 11) is 0. The summed E-state index contributed by atoms with van der Waals surface area (Å²) in [5.74, 6) is -3.46. The lowest BCUT2D eigenvalue weighted by molar-refractivity contribution is -0.140. The molecule has 1 saturated carbocycles. The van der Waals surface area contributed by atoms with Gasteiger partial charge < -0.3 is 5.11 Å². The van der Waals surface area contributed by atoms with Crippen molar-refractivity contribution in [2.24, 2.45) is 5.92 Å². The first-order chi connectivity index (χ1) is 7.80. The minimum Gasteiger partial charge on any atom is -0.481 e. The quantitative estimate of drug-likeness (QED) is 0.817. The molecule has 17 heavy (non-hydrogen) atoms. The van der Waals surface area contributed by atoms with E-state index in [2.05, 4.69) is 0 Å². The second-order valence-electron chi connectivity index (χ2n) is 4.02. The van der Waals surface area contributed by atoms with Gasteiger partial charge in [-0.3, -0.25) is 4.79 Å². The van der Waals surface area contributed by atoms with E-state index in [1.165, 1.54) is 6.07 Å². The number of carbonyl (C=O) groups is 1. The van der Waals surface area contributed by atoms with Crippen LogP contribution in [-0.2, 0) is 11.0 Å². The van der Waals surface area contributed by atoms with Crippen LogP contribution in [0.5, 0.6) is 0 Å². The lowest BCUT2D eigenvalue weighted by Crippen LogP contribution is -2.09. The Balaban J connectivity index is 2.30. The number of hydrogen-bond acceptors (Lipinski definition) is 1. The molecule has 1 N–H and O–H groups in total. The summed E-state index contributed by atoms with van der Waals surface area (Å²) < 4.78 is 50.2. The Kier molecular flexibility index (Phi) is 2.60. The monoisotopic (exact) mass is 248 g/mol. The van der Waals surface area contributed by atoms with E-state index in [-0.39, 0.29) is 5.56 Å². The molecule has 0 bridgehead atoms. The van der Waals surface area contributed by atoms with Crippen molar-refractivity contribution in [1.29, 1.82) is 0 Å². The number of rotatable bonds is 2. The van der Waals surface area contributed by atoms with E-state index in [0.29, 0.717) is 12.5 Å². The molecule has 2 nitrogen and oxygen atoms in total. The van der Waals surface area contributed by atoms with Gasteiger partial charge in [0.15, 0.2) is 0 Å². The summed E-state index contributed by atoms with van der Waals surface area (Å²) in [5.41, 5.74) is -1.11. The lowest BCUT2D eigenvalue weighted by atomic mass is 10.0. The zero-order chi connectivity index (χ0) is 12.8. The summed E-state index contributed by atoms with van der Waals surface area (Å²) in [4.78, 5) is 10.6. The molecule has 0 aliphatic heterocycles. The van der Waals surface area contributed by atoms with Crippen LogP contribution in [0.2, 0.25) is 0 Å². The molecule has 2 rings (SSSR count). The number of carboxylic acids is 1. The average molecular weight is 248 g/mol. The number of hydrogen-bond donors (Lipinski definition) is 1.